The number of allylic oxidation sites excluding steroid dienone is 1. The van der Waals surface area contributed by atoms with Crippen LogP contribution in [-0.2, 0) is 5.41 Å². The molecule has 2 heterocycles. The number of rotatable bonds is 3. The molecule has 2 aliphatic carbocycles. The van der Waals surface area contributed by atoms with Crippen LogP contribution in [0.15, 0.2) is 72.8 Å². The molecule has 1 saturated carbocycles. The van der Waals surface area contributed by atoms with Gasteiger partial charge >= 0.3 is 0 Å². The first-order chi connectivity index (χ1) is 17.2. The van der Waals surface area contributed by atoms with Gasteiger partial charge in [-0.25, -0.2) is 0 Å². The summed E-state index contributed by atoms with van der Waals surface area (Å²) >= 11 is 6.16. The highest BCUT2D eigenvalue weighted by molar-refractivity contribution is 6.31. The summed E-state index contributed by atoms with van der Waals surface area (Å²) in [6.45, 7) is 2.44. The second-order valence-corrected chi connectivity index (χ2v) is 11.3. The van der Waals surface area contributed by atoms with Crippen molar-refractivity contribution in [3.05, 3.63) is 100 Å². The maximum absolute atomic E-state index is 6.16. The van der Waals surface area contributed by atoms with Crippen LogP contribution in [-0.4, -0.2) is 24.0 Å². The Morgan fingerprint density at radius 1 is 0.829 bits per heavy atom. The molecule has 0 bridgehead atoms. The van der Waals surface area contributed by atoms with Crippen molar-refractivity contribution in [2.75, 3.05) is 23.7 Å². The SMILES string of the molecule is Clc1ccc2c(c1)NC(c1ccc(C3CCC(N4CCC5(C=Cc6ccccc65)CC4)C3)cc1)N2. The number of nitrogens with one attached hydrogen (secondary N) is 2. The van der Waals surface area contributed by atoms with Gasteiger partial charge in [0.1, 0.15) is 6.17 Å². The third-order valence-electron chi connectivity index (χ3n) is 9.01. The molecule has 4 aliphatic rings. The van der Waals surface area contributed by atoms with Gasteiger partial charge in [0.2, 0.25) is 0 Å². The van der Waals surface area contributed by atoms with Crippen LogP contribution in [0.25, 0.3) is 6.08 Å². The van der Waals surface area contributed by atoms with Crippen LogP contribution < -0.4 is 10.6 Å². The minimum atomic E-state index is 0.101. The molecule has 178 valence electrons. The third kappa shape index (κ3) is 3.77. The summed E-state index contributed by atoms with van der Waals surface area (Å²) in [5.74, 6) is 0.678. The first-order valence-corrected chi connectivity index (χ1v) is 13.5. The molecule has 2 aliphatic heterocycles. The minimum Gasteiger partial charge on any atom is -0.360 e. The van der Waals surface area contributed by atoms with Crippen LogP contribution in [0.4, 0.5) is 11.4 Å². The molecule has 4 heteroatoms. The number of anilines is 2. The fourth-order valence-corrected chi connectivity index (χ4v) is 7.16. The van der Waals surface area contributed by atoms with Crippen LogP contribution in [0.3, 0.4) is 0 Å². The molecular weight excluding hydrogens is 450 g/mol. The van der Waals surface area contributed by atoms with E-state index in [9.17, 15) is 0 Å². The zero-order chi connectivity index (χ0) is 23.4. The van der Waals surface area contributed by atoms with E-state index < -0.39 is 0 Å². The van der Waals surface area contributed by atoms with E-state index in [0.717, 1.165) is 22.4 Å². The number of hydrogen-bond donors (Lipinski definition) is 2. The zero-order valence-electron chi connectivity index (χ0n) is 20.0. The number of fused-ring (bicyclic) bond motifs is 3. The molecule has 3 aromatic rings. The molecule has 0 amide bonds. The summed E-state index contributed by atoms with van der Waals surface area (Å²) in [5, 5.41) is 7.88. The lowest BCUT2D eigenvalue weighted by atomic mass is 9.74. The molecule has 3 atom stereocenters. The third-order valence-corrected chi connectivity index (χ3v) is 9.25. The van der Waals surface area contributed by atoms with Crippen molar-refractivity contribution < 1.29 is 0 Å². The predicted molar refractivity (Wildman–Crippen MR) is 146 cm³/mol. The highest BCUT2D eigenvalue weighted by atomic mass is 35.5. The Kier molecular flexibility index (Phi) is 5.18. The van der Waals surface area contributed by atoms with Gasteiger partial charge in [0.25, 0.3) is 0 Å². The highest BCUT2D eigenvalue weighted by Gasteiger charge is 2.40. The van der Waals surface area contributed by atoms with Crippen molar-refractivity contribution in [1.82, 2.24) is 4.90 Å². The quantitative estimate of drug-likeness (QED) is 0.404. The van der Waals surface area contributed by atoms with Crippen molar-refractivity contribution >= 4 is 29.1 Å². The molecule has 1 saturated heterocycles. The monoisotopic (exact) mass is 481 g/mol. The number of hydrogen-bond acceptors (Lipinski definition) is 3. The van der Waals surface area contributed by atoms with E-state index in [1.165, 1.54) is 61.9 Å². The lowest BCUT2D eigenvalue weighted by Gasteiger charge is -2.42. The normalized spacial score (nSPS) is 26.4. The maximum Gasteiger partial charge on any atom is 0.123 e. The highest BCUT2D eigenvalue weighted by Crippen LogP contribution is 2.46. The topological polar surface area (TPSA) is 27.3 Å². The second kappa shape index (κ2) is 8.43. The van der Waals surface area contributed by atoms with Gasteiger partial charge in [0, 0.05) is 16.5 Å². The molecular formula is C31H32ClN3. The van der Waals surface area contributed by atoms with Gasteiger partial charge in [-0.3, -0.25) is 0 Å². The van der Waals surface area contributed by atoms with Crippen LogP contribution in [0.5, 0.6) is 0 Å². The molecule has 35 heavy (non-hydrogen) atoms. The number of nitrogens with zero attached hydrogens (tertiary/aromatic N) is 1. The van der Waals surface area contributed by atoms with E-state index in [4.69, 9.17) is 11.6 Å². The fourth-order valence-electron chi connectivity index (χ4n) is 6.99. The lowest BCUT2D eigenvalue weighted by Crippen LogP contribution is -2.45. The van der Waals surface area contributed by atoms with Crippen molar-refractivity contribution in [3.63, 3.8) is 0 Å². The van der Waals surface area contributed by atoms with Crippen LogP contribution in [0.1, 0.15) is 66.4 Å². The predicted octanol–water partition coefficient (Wildman–Crippen LogP) is 7.57. The van der Waals surface area contributed by atoms with Gasteiger partial charge in [-0.15, -0.1) is 0 Å². The van der Waals surface area contributed by atoms with Gasteiger partial charge in [-0.05, 0) is 91.6 Å². The largest absolute Gasteiger partial charge is 0.360 e. The summed E-state index contributed by atoms with van der Waals surface area (Å²) in [7, 11) is 0. The summed E-state index contributed by atoms with van der Waals surface area (Å²) in [4.78, 5) is 2.79. The van der Waals surface area contributed by atoms with E-state index in [2.05, 4.69) is 76.2 Å². The summed E-state index contributed by atoms with van der Waals surface area (Å²) < 4.78 is 0. The lowest BCUT2D eigenvalue weighted by molar-refractivity contribution is 0.133. The Labute approximate surface area is 213 Å². The number of piperidine rings is 1. The van der Waals surface area contributed by atoms with Crippen LogP contribution in [0, 0.1) is 0 Å². The maximum atomic E-state index is 6.16. The van der Waals surface area contributed by atoms with Crippen LogP contribution >= 0.6 is 11.6 Å². The Bertz CT molecular complexity index is 1270. The first-order valence-electron chi connectivity index (χ1n) is 13.1. The summed E-state index contributed by atoms with van der Waals surface area (Å²) in [6, 6.07) is 25.0. The average Bonchev–Trinajstić information content (AvgIpc) is 3.63. The Balaban J connectivity index is 0.975. The molecule has 3 unspecified atom stereocenters. The van der Waals surface area contributed by atoms with E-state index >= 15 is 0 Å². The van der Waals surface area contributed by atoms with E-state index in [-0.39, 0.29) is 11.6 Å². The Morgan fingerprint density at radius 3 is 2.46 bits per heavy atom. The number of likely N-dealkylation sites (tertiary alicyclic amines) is 1. The summed E-state index contributed by atoms with van der Waals surface area (Å²) in [5.41, 5.74) is 8.22. The molecule has 2 N–H and O–H groups in total. The molecule has 7 rings (SSSR count). The Hall–Kier alpha value is -2.75. The zero-order valence-corrected chi connectivity index (χ0v) is 20.8. The van der Waals surface area contributed by atoms with Gasteiger partial charge in [-0.2, -0.15) is 0 Å². The van der Waals surface area contributed by atoms with Crippen molar-refractivity contribution in [1.29, 1.82) is 0 Å². The van der Waals surface area contributed by atoms with E-state index in [1.54, 1.807) is 5.56 Å². The van der Waals surface area contributed by atoms with Gasteiger partial charge in [-0.1, -0.05) is 72.3 Å². The van der Waals surface area contributed by atoms with Crippen LogP contribution in [0.2, 0.25) is 5.02 Å². The summed E-state index contributed by atoms with van der Waals surface area (Å²) in [6.07, 6.45) is 11.4. The van der Waals surface area contributed by atoms with Crippen molar-refractivity contribution in [2.24, 2.45) is 0 Å². The Morgan fingerprint density at radius 2 is 1.60 bits per heavy atom. The molecule has 0 radical (unpaired) electrons. The molecule has 3 nitrogen and oxygen atoms in total. The van der Waals surface area contributed by atoms with Gasteiger partial charge < -0.3 is 15.5 Å². The molecule has 0 aromatic heterocycles. The number of halogens is 1. The molecule has 2 fully saturated rings. The van der Waals surface area contributed by atoms with Crippen molar-refractivity contribution in [3.8, 4) is 0 Å². The second-order valence-electron chi connectivity index (χ2n) is 10.9. The average molecular weight is 482 g/mol. The van der Waals surface area contributed by atoms with Gasteiger partial charge in [0.05, 0.1) is 11.4 Å². The molecule has 3 aromatic carbocycles. The molecule has 1 spiro atoms. The van der Waals surface area contributed by atoms with Gasteiger partial charge in [0.15, 0.2) is 0 Å². The standard InChI is InChI=1S/C31H32ClN3/c32-25-10-12-28-29(20-25)34-30(33-28)23-7-5-21(6-8-23)24-9-11-26(19-24)35-17-15-31(16-18-35)14-13-22-3-1-2-4-27(22)31/h1-8,10,12-14,20,24,26,30,33-34H,9,11,15-19H2. The fraction of sp³-hybridized carbons (Fsp3) is 0.355. The number of benzene rings is 3. The van der Waals surface area contributed by atoms with E-state index in [1.807, 2.05) is 18.2 Å². The van der Waals surface area contributed by atoms with Crippen molar-refractivity contribution in [2.45, 2.75) is 55.6 Å². The smallest absolute Gasteiger partial charge is 0.123 e. The first kappa shape index (κ1) is 21.5. The minimum absolute atomic E-state index is 0.101. The van der Waals surface area contributed by atoms with E-state index in [0.29, 0.717) is 5.92 Å².